The van der Waals surface area contributed by atoms with Crippen LogP contribution in [0.2, 0.25) is 0 Å². The zero-order valence-electron chi connectivity index (χ0n) is 16.8. The Hall–Kier alpha value is -3.54. The van der Waals surface area contributed by atoms with Crippen molar-refractivity contribution >= 4 is 23.3 Å². The number of carbonyl (C=O) groups is 2. The van der Waals surface area contributed by atoms with Crippen LogP contribution in [0, 0.1) is 0 Å². The summed E-state index contributed by atoms with van der Waals surface area (Å²) in [6, 6.07) is 17.0. The van der Waals surface area contributed by atoms with Crippen molar-refractivity contribution in [3.63, 3.8) is 0 Å². The fraction of sp³-hybridized carbons (Fsp3) is 0.217. The number of rotatable bonds is 7. The predicted octanol–water partition coefficient (Wildman–Crippen LogP) is 4.47. The topological polar surface area (TPSA) is 75.2 Å². The molecule has 0 aliphatic carbocycles. The average molecular weight is 388 g/mol. The van der Waals surface area contributed by atoms with Crippen LogP contribution in [0.4, 0.5) is 11.6 Å². The van der Waals surface area contributed by atoms with Crippen molar-refractivity contribution in [3.8, 4) is 0 Å². The second kappa shape index (κ2) is 9.10. The van der Waals surface area contributed by atoms with Crippen LogP contribution in [0.1, 0.15) is 47.1 Å². The van der Waals surface area contributed by atoms with E-state index in [-0.39, 0.29) is 17.7 Å². The number of nitrogens with zero attached hydrogens (tertiary/aromatic N) is 3. The van der Waals surface area contributed by atoms with E-state index < -0.39 is 0 Å². The standard InChI is InChI=1S/C23H24N4O2/c1-16(2)27(15-18-7-5-4-6-8-18)22(29)20-13-24-23(25-14-20)26-21-11-9-19(10-12-21)17(3)28/h4-14,16H,15H2,1-3H3,(H,24,25,26). The van der Waals surface area contributed by atoms with Gasteiger partial charge in [0.1, 0.15) is 0 Å². The zero-order valence-corrected chi connectivity index (χ0v) is 16.8. The van der Waals surface area contributed by atoms with Gasteiger partial charge in [-0.2, -0.15) is 0 Å². The molecule has 3 aromatic rings. The Kier molecular flexibility index (Phi) is 6.34. The summed E-state index contributed by atoms with van der Waals surface area (Å²) in [6.07, 6.45) is 3.06. The Balaban J connectivity index is 1.70. The number of hydrogen-bond acceptors (Lipinski definition) is 5. The van der Waals surface area contributed by atoms with Crippen molar-refractivity contribution in [3.05, 3.63) is 83.7 Å². The van der Waals surface area contributed by atoms with Gasteiger partial charge in [-0.3, -0.25) is 9.59 Å². The van der Waals surface area contributed by atoms with Gasteiger partial charge >= 0.3 is 0 Å². The van der Waals surface area contributed by atoms with Gasteiger partial charge in [-0.25, -0.2) is 9.97 Å². The van der Waals surface area contributed by atoms with Crippen molar-refractivity contribution in [1.29, 1.82) is 0 Å². The SMILES string of the molecule is CC(=O)c1ccc(Nc2ncc(C(=O)N(Cc3ccccc3)C(C)C)cn2)cc1. The lowest BCUT2D eigenvalue weighted by molar-refractivity contribution is 0.0689. The minimum atomic E-state index is -0.110. The third-order valence-corrected chi connectivity index (χ3v) is 4.53. The van der Waals surface area contributed by atoms with E-state index in [2.05, 4.69) is 15.3 Å². The zero-order chi connectivity index (χ0) is 20.8. The van der Waals surface area contributed by atoms with E-state index in [0.29, 0.717) is 23.6 Å². The molecule has 0 radical (unpaired) electrons. The van der Waals surface area contributed by atoms with Crippen molar-refractivity contribution < 1.29 is 9.59 Å². The summed E-state index contributed by atoms with van der Waals surface area (Å²) in [7, 11) is 0. The minimum absolute atomic E-state index is 0.0147. The number of anilines is 2. The molecule has 0 saturated carbocycles. The molecule has 29 heavy (non-hydrogen) atoms. The monoisotopic (exact) mass is 388 g/mol. The summed E-state index contributed by atoms with van der Waals surface area (Å²) in [5, 5.41) is 3.07. The van der Waals surface area contributed by atoms with Gasteiger partial charge < -0.3 is 10.2 Å². The van der Waals surface area contributed by atoms with Crippen LogP contribution in [0.25, 0.3) is 0 Å². The molecule has 1 heterocycles. The van der Waals surface area contributed by atoms with Crippen LogP contribution >= 0.6 is 0 Å². The smallest absolute Gasteiger partial charge is 0.257 e. The lowest BCUT2D eigenvalue weighted by atomic mass is 10.1. The summed E-state index contributed by atoms with van der Waals surface area (Å²) < 4.78 is 0. The maximum Gasteiger partial charge on any atom is 0.257 e. The van der Waals surface area contributed by atoms with Crippen LogP contribution in [-0.2, 0) is 6.54 Å². The number of aromatic nitrogens is 2. The van der Waals surface area contributed by atoms with Gasteiger partial charge in [0.25, 0.3) is 5.91 Å². The lowest BCUT2D eigenvalue weighted by Crippen LogP contribution is -2.36. The van der Waals surface area contributed by atoms with Gasteiger partial charge in [0, 0.05) is 36.2 Å². The summed E-state index contributed by atoms with van der Waals surface area (Å²) in [5.74, 6) is 0.290. The fourth-order valence-electron chi connectivity index (χ4n) is 2.86. The molecule has 0 bridgehead atoms. The normalized spacial score (nSPS) is 10.6. The molecular weight excluding hydrogens is 364 g/mol. The van der Waals surface area contributed by atoms with Crippen LogP contribution < -0.4 is 5.32 Å². The Morgan fingerprint density at radius 2 is 1.55 bits per heavy atom. The molecule has 0 saturated heterocycles. The van der Waals surface area contributed by atoms with E-state index in [1.807, 2.05) is 44.2 Å². The maximum absolute atomic E-state index is 13.0. The van der Waals surface area contributed by atoms with Gasteiger partial charge in [0.05, 0.1) is 5.56 Å². The first kappa shape index (κ1) is 20.2. The van der Waals surface area contributed by atoms with Gasteiger partial charge in [-0.05, 0) is 50.6 Å². The molecule has 3 rings (SSSR count). The molecule has 6 heteroatoms. The molecule has 0 atom stereocenters. The second-order valence-corrected chi connectivity index (χ2v) is 7.07. The van der Waals surface area contributed by atoms with Crippen LogP contribution in [-0.4, -0.2) is 32.6 Å². The molecule has 0 unspecified atom stereocenters. The van der Waals surface area contributed by atoms with Crippen LogP contribution in [0.3, 0.4) is 0 Å². The van der Waals surface area contributed by atoms with E-state index >= 15 is 0 Å². The molecule has 1 N–H and O–H groups in total. The number of Topliss-reactive ketones (excluding diaryl/α,β-unsaturated/α-hetero) is 1. The van der Waals surface area contributed by atoms with Gasteiger partial charge in [-0.1, -0.05) is 30.3 Å². The van der Waals surface area contributed by atoms with Crippen LogP contribution in [0.15, 0.2) is 67.0 Å². The first-order valence-corrected chi connectivity index (χ1v) is 9.49. The van der Waals surface area contributed by atoms with Crippen molar-refractivity contribution in [2.75, 3.05) is 5.32 Å². The summed E-state index contributed by atoms with van der Waals surface area (Å²) in [5.41, 5.74) is 2.92. The summed E-state index contributed by atoms with van der Waals surface area (Å²) >= 11 is 0. The van der Waals surface area contributed by atoms with E-state index in [9.17, 15) is 9.59 Å². The summed E-state index contributed by atoms with van der Waals surface area (Å²) in [4.78, 5) is 34.6. The highest BCUT2D eigenvalue weighted by Gasteiger charge is 2.20. The number of amides is 1. The van der Waals surface area contributed by atoms with Crippen LogP contribution in [0.5, 0.6) is 0 Å². The molecule has 0 aliphatic rings. The Morgan fingerprint density at radius 3 is 2.10 bits per heavy atom. The molecule has 0 spiro atoms. The van der Waals surface area contributed by atoms with Gasteiger partial charge in [0.15, 0.2) is 5.78 Å². The quantitative estimate of drug-likeness (QED) is 0.604. The first-order valence-electron chi connectivity index (χ1n) is 9.49. The largest absolute Gasteiger partial charge is 0.332 e. The third-order valence-electron chi connectivity index (χ3n) is 4.53. The van der Waals surface area contributed by atoms with Crippen molar-refractivity contribution in [2.45, 2.75) is 33.4 Å². The molecule has 2 aromatic carbocycles. The van der Waals surface area contributed by atoms with Gasteiger partial charge in [0.2, 0.25) is 5.95 Å². The number of carbonyl (C=O) groups excluding carboxylic acids is 2. The Morgan fingerprint density at radius 1 is 0.931 bits per heavy atom. The minimum Gasteiger partial charge on any atom is -0.332 e. The number of nitrogens with one attached hydrogen (secondary N) is 1. The molecule has 1 aromatic heterocycles. The highest BCUT2D eigenvalue weighted by atomic mass is 16.2. The van der Waals surface area contributed by atoms with Gasteiger partial charge in [-0.15, -0.1) is 0 Å². The van der Waals surface area contributed by atoms with Crippen molar-refractivity contribution in [1.82, 2.24) is 14.9 Å². The lowest BCUT2D eigenvalue weighted by Gasteiger charge is -2.26. The Bertz CT molecular complexity index is 968. The first-order chi connectivity index (χ1) is 13.9. The van der Waals surface area contributed by atoms with E-state index in [0.717, 1.165) is 11.3 Å². The number of benzene rings is 2. The molecular formula is C23H24N4O2. The summed E-state index contributed by atoms with van der Waals surface area (Å²) in [6.45, 7) is 6.03. The molecule has 0 fully saturated rings. The maximum atomic E-state index is 13.0. The average Bonchev–Trinajstić information content (AvgIpc) is 2.73. The van der Waals surface area contributed by atoms with E-state index in [4.69, 9.17) is 0 Å². The third kappa shape index (κ3) is 5.25. The molecule has 148 valence electrons. The number of ketones is 1. The highest BCUT2D eigenvalue weighted by molar-refractivity contribution is 5.94. The number of hydrogen-bond donors (Lipinski definition) is 1. The van der Waals surface area contributed by atoms with E-state index in [1.54, 1.807) is 29.2 Å². The highest BCUT2D eigenvalue weighted by Crippen LogP contribution is 2.16. The van der Waals surface area contributed by atoms with Crippen molar-refractivity contribution in [2.24, 2.45) is 0 Å². The molecule has 6 nitrogen and oxygen atoms in total. The predicted molar refractivity (Wildman–Crippen MR) is 113 cm³/mol. The Labute approximate surface area is 170 Å². The fourth-order valence-corrected chi connectivity index (χ4v) is 2.86. The van der Waals surface area contributed by atoms with E-state index in [1.165, 1.54) is 19.3 Å². The molecule has 1 amide bonds. The molecule has 0 aliphatic heterocycles. The second-order valence-electron chi connectivity index (χ2n) is 7.07.